The summed E-state index contributed by atoms with van der Waals surface area (Å²) in [6, 6.07) is 13.2. The third kappa shape index (κ3) is 4.78. The van der Waals surface area contributed by atoms with E-state index in [4.69, 9.17) is 9.47 Å². The van der Waals surface area contributed by atoms with Crippen LogP contribution < -0.4 is 9.64 Å². The summed E-state index contributed by atoms with van der Waals surface area (Å²) in [6.45, 7) is 2.68. The zero-order chi connectivity index (χ0) is 24.4. The minimum atomic E-state index is -3.75. The van der Waals surface area contributed by atoms with Gasteiger partial charge < -0.3 is 19.3 Å². The van der Waals surface area contributed by atoms with E-state index >= 15 is 0 Å². The van der Waals surface area contributed by atoms with Crippen LogP contribution in [0.5, 0.6) is 5.75 Å². The van der Waals surface area contributed by atoms with Crippen LogP contribution in [0.3, 0.4) is 0 Å². The number of piperidine rings is 1. The summed E-state index contributed by atoms with van der Waals surface area (Å²) >= 11 is 0. The van der Waals surface area contributed by atoms with Gasteiger partial charge in [0.15, 0.2) is 6.10 Å². The molecule has 0 unspecified atom stereocenters. The highest BCUT2D eigenvalue weighted by atomic mass is 32.2. The van der Waals surface area contributed by atoms with E-state index in [2.05, 4.69) is 0 Å². The number of hydrogen-bond donors (Lipinski definition) is 0. The quantitative estimate of drug-likeness (QED) is 0.640. The molecule has 0 bridgehead atoms. The van der Waals surface area contributed by atoms with Crippen molar-refractivity contribution in [3.63, 3.8) is 0 Å². The molecule has 2 saturated heterocycles. The molecule has 9 nitrogen and oxygen atoms in total. The highest BCUT2D eigenvalue weighted by Gasteiger charge is 2.37. The van der Waals surface area contributed by atoms with Gasteiger partial charge in [0, 0.05) is 31.7 Å². The summed E-state index contributed by atoms with van der Waals surface area (Å²) in [4.78, 5) is 30.3. The molecule has 3 aliphatic rings. The normalized spacial score (nSPS) is 21.2. The van der Waals surface area contributed by atoms with Crippen molar-refractivity contribution in [2.24, 2.45) is 0 Å². The first-order valence-corrected chi connectivity index (χ1v) is 13.4. The molecule has 0 saturated carbocycles. The fraction of sp³-hybridized carbons (Fsp3) is 0.440. The molecule has 5 rings (SSSR count). The van der Waals surface area contributed by atoms with Crippen molar-refractivity contribution < 1.29 is 27.5 Å². The van der Waals surface area contributed by atoms with E-state index in [0.717, 1.165) is 19.3 Å². The van der Waals surface area contributed by atoms with Crippen LogP contribution in [0.2, 0.25) is 0 Å². The number of likely N-dealkylation sites (tertiary alicyclic amines) is 1. The van der Waals surface area contributed by atoms with Crippen LogP contribution in [0.25, 0.3) is 0 Å². The smallest absolute Gasteiger partial charge is 0.265 e. The Kier molecular flexibility index (Phi) is 6.77. The van der Waals surface area contributed by atoms with Crippen molar-refractivity contribution in [1.82, 2.24) is 9.21 Å². The van der Waals surface area contributed by atoms with Gasteiger partial charge in [0.05, 0.1) is 30.3 Å². The summed E-state index contributed by atoms with van der Waals surface area (Å²) in [5, 5.41) is 0. The average Bonchev–Trinajstić information content (AvgIpc) is 2.92. The Hall–Kier alpha value is -2.95. The molecule has 1 atom stereocenters. The number of morpholine rings is 1. The molecule has 35 heavy (non-hydrogen) atoms. The van der Waals surface area contributed by atoms with E-state index in [1.807, 2.05) is 0 Å². The van der Waals surface area contributed by atoms with E-state index in [1.54, 1.807) is 41.3 Å². The number of fused-ring (bicyclic) bond motifs is 1. The summed E-state index contributed by atoms with van der Waals surface area (Å²) in [7, 11) is -3.75. The van der Waals surface area contributed by atoms with Gasteiger partial charge in [0.25, 0.3) is 11.8 Å². The lowest BCUT2D eigenvalue weighted by atomic mass is 10.1. The molecule has 2 aromatic carbocycles. The number of hydrogen-bond acceptors (Lipinski definition) is 6. The number of benzene rings is 2. The third-order valence-corrected chi connectivity index (χ3v) is 8.55. The number of nitrogens with zero attached hydrogens (tertiary/aromatic N) is 3. The molecule has 0 N–H and O–H groups in total. The zero-order valence-corrected chi connectivity index (χ0v) is 20.3. The van der Waals surface area contributed by atoms with Crippen LogP contribution in [0, 0.1) is 0 Å². The minimum absolute atomic E-state index is 0.0611. The SMILES string of the molecule is O=C([C@H]1CN(C(=O)c2cccc(S(=O)(=O)N3CCOCC3)c2)c2ccccc2O1)N1CCCCC1. The van der Waals surface area contributed by atoms with Crippen LogP contribution in [-0.4, -0.2) is 81.5 Å². The fourth-order valence-corrected chi connectivity index (χ4v) is 6.21. The average molecular weight is 500 g/mol. The molecule has 2 aromatic rings. The van der Waals surface area contributed by atoms with E-state index in [0.29, 0.717) is 37.7 Å². The molecular formula is C25H29N3O6S. The number of ether oxygens (including phenoxy) is 2. The molecule has 10 heteroatoms. The standard InChI is InChI=1S/C25H29N3O6S/c29-24(19-7-6-8-20(17-19)35(31,32)27-13-15-33-16-14-27)28-18-23(25(30)26-11-4-1-5-12-26)34-22-10-3-2-9-21(22)28/h2-3,6-10,17,23H,1,4-5,11-16,18H2/t23-/m1/s1. The van der Waals surface area contributed by atoms with E-state index < -0.39 is 16.1 Å². The Morgan fingerprint density at radius 2 is 1.63 bits per heavy atom. The maximum absolute atomic E-state index is 13.7. The van der Waals surface area contributed by atoms with Crippen molar-refractivity contribution in [2.75, 3.05) is 50.8 Å². The molecule has 2 fully saturated rings. The first-order valence-electron chi connectivity index (χ1n) is 12.0. The van der Waals surface area contributed by atoms with E-state index in [1.165, 1.54) is 21.3 Å². The van der Waals surface area contributed by atoms with Crippen molar-refractivity contribution in [2.45, 2.75) is 30.3 Å². The molecule has 186 valence electrons. The molecule has 0 aliphatic carbocycles. The Morgan fingerprint density at radius 3 is 2.40 bits per heavy atom. The van der Waals surface area contributed by atoms with E-state index in [-0.39, 0.29) is 41.9 Å². The lowest BCUT2D eigenvalue weighted by Crippen LogP contribution is -2.52. The second-order valence-electron chi connectivity index (χ2n) is 8.92. The van der Waals surface area contributed by atoms with Gasteiger partial charge in [-0.15, -0.1) is 0 Å². The van der Waals surface area contributed by atoms with Crippen LogP contribution in [-0.2, 0) is 19.6 Å². The lowest BCUT2D eigenvalue weighted by Gasteiger charge is -2.37. The van der Waals surface area contributed by atoms with Gasteiger partial charge in [-0.3, -0.25) is 9.59 Å². The monoisotopic (exact) mass is 499 g/mol. The highest BCUT2D eigenvalue weighted by Crippen LogP contribution is 2.35. The number of amides is 2. The molecule has 2 amide bonds. The fourth-order valence-electron chi connectivity index (χ4n) is 4.75. The molecule has 3 aliphatic heterocycles. The van der Waals surface area contributed by atoms with Gasteiger partial charge in [-0.25, -0.2) is 8.42 Å². The summed E-state index contributed by atoms with van der Waals surface area (Å²) in [5.41, 5.74) is 0.793. The number of carbonyl (C=O) groups excluding carboxylic acids is 2. The highest BCUT2D eigenvalue weighted by molar-refractivity contribution is 7.89. The predicted molar refractivity (Wildman–Crippen MR) is 129 cm³/mol. The van der Waals surface area contributed by atoms with Gasteiger partial charge >= 0.3 is 0 Å². The Balaban J connectivity index is 1.43. The van der Waals surface area contributed by atoms with Crippen molar-refractivity contribution >= 4 is 27.5 Å². The van der Waals surface area contributed by atoms with Crippen molar-refractivity contribution in [3.05, 3.63) is 54.1 Å². The van der Waals surface area contributed by atoms with Crippen molar-refractivity contribution in [1.29, 1.82) is 0 Å². The second kappa shape index (κ2) is 9.96. The largest absolute Gasteiger partial charge is 0.476 e. The first-order chi connectivity index (χ1) is 16.9. The summed E-state index contributed by atoms with van der Waals surface area (Å²) < 4.78 is 38.9. The Labute approximate surface area is 205 Å². The van der Waals surface area contributed by atoms with Gasteiger partial charge in [-0.1, -0.05) is 18.2 Å². The van der Waals surface area contributed by atoms with E-state index in [9.17, 15) is 18.0 Å². The van der Waals surface area contributed by atoms with Gasteiger partial charge in [0.1, 0.15) is 5.75 Å². The van der Waals surface area contributed by atoms with Crippen molar-refractivity contribution in [3.8, 4) is 5.75 Å². The Bertz CT molecular complexity index is 1210. The summed E-state index contributed by atoms with van der Waals surface area (Å²) in [5.74, 6) is -0.0450. The molecule has 0 aromatic heterocycles. The Morgan fingerprint density at radius 1 is 0.886 bits per heavy atom. The number of carbonyl (C=O) groups is 2. The topological polar surface area (TPSA) is 96.5 Å². The molecule has 0 spiro atoms. The predicted octanol–water partition coefficient (Wildman–Crippen LogP) is 2.13. The minimum Gasteiger partial charge on any atom is -0.476 e. The first kappa shape index (κ1) is 23.8. The third-order valence-electron chi connectivity index (χ3n) is 6.65. The molecule has 0 radical (unpaired) electrons. The molecule has 3 heterocycles. The van der Waals surface area contributed by atoms with Gasteiger partial charge in [-0.2, -0.15) is 4.31 Å². The number of sulfonamides is 1. The molecular weight excluding hydrogens is 470 g/mol. The van der Waals surface area contributed by atoms with Gasteiger partial charge in [-0.05, 0) is 49.6 Å². The van der Waals surface area contributed by atoms with Crippen LogP contribution in [0.1, 0.15) is 29.6 Å². The maximum Gasteiger partial charge on any atom is 0.265 e. The maximum atomic E-state index is 13.7. The van der Waals surface area contributed by atoms with Crippen LogP contribution in [0.15, 0.2) is 53.4 Å². The van der Waals surface area contributed by atoms with Gasteiger partial charge in [0.2, 0.25) is 10.0 Å². The van der Waals surface area contributed by atoms with Crippen LogP contribution >= 0.6 is 0 Å². The lowest BCUT2D eigenvalue weighted by molar-refractivity contribution is -0.139. The zero-order valence-electron chi connectivity index (χ0n) is 19.5. The van der Waals surface area contributed by atoms with Crippen LogP contribution in [0.4, 0.5) is 5.69 Å². The number of para-hydroxylation sites is 2. The number of anilines is 1. The number of rotatable bonds is 4. The second-order valence-corrected chi connectivity index (χ2v) is 10.9. The summed E-state index contributed by atoms with van der Waals surface area (Å²) in [6.07, 6.45) is 2.21.